The van der Waals surface area contributed by atoms with E-state index >= 15 is 0 Å². The lowest BCUT2D eigenvalue weighted by molar-refractivity contribution is -0.114. The van der Waals surface area contributed by atoms with Crippen LogP contribution in [-0.4, -0.2) is 60.5 Å². The highest BCUT2D eigenvalue weighted by Crippen LogP contribution is 2.32. The van der Waals surface area contributed by atoms with E-state index in [1.807, 2.05) is 24.3 Å². The van der Waals surface area contributed by atoms with E-state index in [1.54, 1.807) is 12.1 Å². The molecule has 0 bridgehead atoms. The SMILES string of the molecule is [2H]C([2H])([2H])N(C/C=C/C(=O)Cc1cc2c(Nc3cccc(C#C)c3)ncnc2cc1OC1CCOC1)C([2H])([2H])[2H]. The van der Waals surface area contributed by atoms with Gasteiger partial charge in [-0.1, -0.05) is 18.1 Å². The summed E-state index contributed by atoms with van der Waals surface area (Å²) in [5, 5.41) is 3.90. The molecule has 3 aromatic rings. The Morgan fingerprint density at radius 2 is 2.29 bits per heavy atom. The Balaban J connectivity index is 1.63. The second-order valence-electron chi connectivity index (χ2n) is 7.81. The van der Waals surface area contributed by atoms with Crippen LogP contribution >= 0.6 is 0 Å². The minimum absolute atomic E-state index is 0.0855. The summed E-state index contributed by atoms with van der Waals surface area (Å²) in [5.41, 5.74) is 2.59. The van der Waals surface area contributed by atoms with Crippen LogP contribution < -0.4 is 10.1 Å². The maximum Gasteiger partial charge on any atom is 0.159 e. The van der Waals surface area contributed by atoms with Crippen molar-refractivity contribution in [2.24, 2.45) is 0 Å². The summed E-state index contributed by atoms with van der Waals surface area (Å²) in [6.45, 7) is -5.13. The summed E-state index contributed by atoms with van der Waals surface area (Å²) < 4.78 is 56.4. The first-order valence-electron chi connectivity index (χ1n) is 13.8. The number of nitrogens with zero attached hydrogens (tertiary/aromatic N) is 3. The van der Waals surface area contributed by atoms with Crippen LogP contribution in [0, 0.1) is 12.3 Å². The second kappa shape index (κ2) is 10.9. The van der Waals surface area contributed by atoms with Gasteiger partial charge in [0.05, 0.1) is 18.7 Å². The predicted octanol–water partition coefficient (Wildman–Crippen LogP) is 3.75. The zero-order chi connectivity index (χ0) is 28.9. The summed E-state index contributed by atoms with van der Waals surface area (Å²) in [6.07, 6.45) is 9.81. The molecule has 0 radical (unpaired) electrons. The Morgan fingerprint density at radius 1 is 1.38 bits per heavy atom. The van der Waals surface area contributed by atoms with Gasteiger partial charge >= 0.3 is 0 Å². The van der Waals surface area contributed by atoms with Crippen LogP contribution in [0.2, 0.25) is 0 Å². The lowest BCUT2D eigenvalue weighted by atomic mass is 10.0. The topological polar surface area (TPSA) is 76.6 Å². The average Bonchev–Trinajstić information content (AvgIpc) is 3.39. The standard InChI is InChI=1S/C27H28N4O3/c1-4-19-7-5-8-21(13-19)30-27-24-15-20(14-22(32)9-6-11-31(2)3)26(16-25(24)28-18-29-27)34-23-10-12-33-17-23/h1,5-9,13,15-16,18,23H,10-12,14,17H2,2-3H3,(H,28,29,30)/b9-6+/i2D3,3D3. The highest BCUT2D eigenvalue weighted by Gasteiger charge is 2.20. The Kier molecular flexibility index (Phi) is 5.40. The molecule has 1 aromatic heterocycles. The van der Waals surface area contributed by atoms with Crippen LogP contribution in [0.1, 0.15) is 25.8 Å². The normalized spacial score (nSPS) is 19.0. The average molecular weight is 463 g/mol. The van der Waals surface area contributed by atoms with E-state index in [4.69, 9.17) is 24.1 Å². The van der Waals surface area contributed by atoms with Crippen LogP contribution in [0.25, 0.3) is 10.9 Å². The number of hydrogen-bond acceptors (Lipinski definition) is 7. The van der Waals surface area contributed by atoms with E-state index in [-0.39, 0.29) is 18.3 Å². The molecular weight excluding hydrogens is 428 g/mol. The zero-order valence-corrected chi connectivity index (χ0v) is 18.5. The van der Waals surface area contributed by atoms with Gasteiger partial charge in [-0.15, -0.1) is 6.42 Å². The second-order valence-corrected chi connectivity index (χ2v) is 7.81. The van der Waals surface area contributed by atoms with E-state index in [0.717, 1.165) is 5.69 Å². The fourth-order valence-corrected chi connectivity index (χ4v) is 3.62. The first kappa shape index (κ1) is 16.8. The molecule has 34 heavy (non-hydrogen) atoms. The molecule has 0 spiro atoms. The van der Waals surface area contributed by atoms with Crippen molar-refractivity contribution in [2.75, 3.05) is 39.0 Å². The molecule has 1 saturated heterocycles. The molecule has 7 nitrogen and oxygen atoms in total. The van der Waals surface area contributed by atoms with Gasteiger partial charge in [-0.25, -0.2) is 9.97 Å². The summed E-state index contributed by atoms with van der Waals surface area (Å²) >= 11 is 0. The smallest absolute Gasteiger partial charge is 0.159 e. The Labute approximate surface area is 208 Å². The number of ketones is 1. The van der Waals surface area contributed by atoms with Gasteiger partial charge in [-0.2, -0.15) is 0 Å². The number of anilines is 2. The monoisotopic (exact) mass is 462 g/mol. The number of ether oxygens (including phenoxy) is 2. The number of benzene rings is 2. The summed E-state index contributed by atoms with van der Waals surface area (Å²) in [4.78, 5) is 22.1. The van der Waals surface area contributed by atoms with Crippen molar-refractivity contribution in [3.05, 3.63) is 66.0 Å². The molecule has 0 saturated carbocycles. The molecule has 174 valence electrons. The molecule has 0 amide bonds. The maximum absolute atomic E-state index is 12.9. The molecular formula is C27H28N4O3. The third-order valence-corrected chi connectivity index (χ3v) is 5.25. The highest BCUT2D eigenvalue weighted by molar-refractivity contribution is 5.96. The van der Waals surface area contributed by atoms with Crippen molar-refractivity contribution in [1.29, 1.82) is 0 Å². The molecule has 1 fully saturated rings. The van der Waals surface area contributed by atoms with Gasteiger partial charge in [0, 0.05) is 55.9 Å². The maximum atomic E-state index is 12.9. The van der Waals surface area contributed by atoms with Gasteiger partial charge in [0.2, 0.25) is 0 Å². The first-order chi connectivity index (χ1) is 18.9. The van der Waals surface area contributed by atoms with E-state index in [2.05, 4.69) is 21.2 Å². The number of likely N-dealkylation sites (N-methyl/N-ethyl adjacent to an activating group) is 1. The van der Waals surface area contributed by atoms with Gasteiger partial charge in [0.15, 0.2) is 5.78 Å². The summed E-state index contributed by atoms with van der Waals surface area (Å²) in [5.74, 6) is 3.20. The van der Waals surface area contributed by atoms with Crippen LogP contribution in [0.15, 0.2) is 54.9 Å². The Bertz CT molecular complexity index is 1430. The predicted molar refractivity (Wildman–Crippen MR) is 133 cm³/mol. The first-order valence-corrected chi connectivity index (χ1v) is 10.8. The van der Waals surface area contributed by atoms with Crippen molar-refractivity contribution in [3.8, 4) is 18.1 Å². The van der Waals surface area contributed by atoms with Crippen LogP contribution in [0.3, 0.4) is 0 Å². The fourth-order valence-electron chi connectivity index (χ4n) is 3.62. The van der Waals surface area contributed by atoms with Gasteiger partial charge in [-0.05, 0) is 44.3 Å². The van der Waals surface area contributed by atoms with Crippen LogP contribution in [0.5, 0.6) is 5.75 Å². The molecule has 0 aliphatic carbocycles. The van der Waals surface area contributed by atoms with Gasteiger partial charge in [-0.3, -0.25) is 4.79 Å². The number of aromatic nitrogens is 2. The van der Waals surface area contributed by atoms with Crippen LogP contribution in [0.4, 0.5) is 11.5 Å². The van der Waals surface area contributed by atoms with Crippen LogP contribution in [-0.2, 0) is 16.0 Å². The largest absolute Gasteiger partial charge is 0.488 e. The third kappa shape index (κ3) is 5.98. The Morgan fingerprint density at radius 3 is 3.09 bits per heavy atom. The third-order valence-electron chi connectivity index (χ3n) is 5.25. The van der Waals surface area contributed by atoms with E-state index in [0.29, 0.717) is 58.1 Å². The lowest BCUT2D eigenvalue weighted by Gasteiger charge is -2.17. The Hall–Kier alpha value is -3.73. The van der Waals surface area contributed by atoms with Gasteiger partial charge in [0.25, 0.3) is 0 Å². The molecule has 1 atom stereocenters. The molecule has 1 aliphatic heterocycles. The van der Waals surface area contributed by atoms with Crippen molar-refractivity contribution >= 4 is 28.2 Å². The molecule has 7 heteroatoms. The van der Waals surface area contributed by atoms with E-state index < -0.39 is 20.5 Å². The molecule has 1 N–H and O–H groups in total. The highest BCUT2D eigenvalue weighted by atomic mass is 16.5. The number of nitrogens with one attached hydrogen (secondary N) is 1. The minimum atomic E-state index is -2.84. The van der Waals surface area contributed by atoms with Crippen molar-refractivity contribution < 1.29 is 22.5 Å². The van der Waals surface area contributed by atoms with Crippen molar-refractivity contribution in [2.45, 2.75) is 18.9 Å². The number of terminal acetylenes is 1. The molecule has 1 unspecified atom stereocenters. The zero-order valence-electron chi connectivity index (χ0n) is 24.5. The summed E-state index contributed by atoms with van der Waals surface area (Å²) in [7, 11) is 0. The molecule has 2 heterocycles. The van der Waals surface area contributed by atoms with Gasteiger partial charge < -0.3 is 19.7 Å². The molecule has 1 aliphatic rings. The van der Waals surface area contributed by atoms with E-state index in [9.17, 15) is 4.79 Å². The number of carbonyl (C=O) groups is 1. The minimum Gasteiger partial charge on any atom is -0.488 e. The van der Waals surface area contributed by atoms with Gasteiger partial charge in [0.1, 0.15) is 24.0 Å². The number of carbonyl (C=O) groups excluding carboxylic acids is 1. The molecule has 2 aromatic carbocycles. The van der Waals surface area contributed by atoms with E-state index in [1.165, 1.54) is 18.5 Å². The van der Waals surface area contributed by atoms with Crippen molar-refractivity contribution in [3.63, 3.8) is 0 Å². The summed E-state index contributed by atoms with van der Waals surface area (Å²) in [6, 6.07) is 10.8. The number of fused-ring (bicyclic) bond motifs is 1. The fraction of sp³-hybridized carbons (Fsp3) is 0.296. The lowest BCUT2D eigenvalue weighted by Crippen LogP contribution is -2.17. The number of hydrogen-bond donors (Lipinski definition) is 1. The number of allylic oxidation sites excluding steroid dienone is 1. The number of rotatable bonds is 9. The quantitative estimate of drug-likeness (QED) is 0.383. The van der Waals surface area contributed by atoms with Crippen molar-refractivity contribution in [1.82, 2.24) is 14.9 Å². The molecule has 4 rings (SSSR count).